The van der Waals surface area contributed by atoms with Gasteiger partial charge in [0.05, 0.1) is 24.8 Å². The minimum Gasteiger partial charge on any atom is -0.491 e. The second-order valence-corrected chi connectivity index (χ2v) is 3.16. The fraction of sp³-hybridized carbons (Fsp3) is 0.364. The summed E-state index contributed by atoms with van der Waals surface area (Å²) in [4.78, 5) is 0. The number of nitriles is 1. The van der Waals surface area contributed by atoms with Gasteiger partial charge in [-0.2, -0.15) is 5.26 Å². The maximum atomic E-state index is 8.58. The smallest absolute Gasteiger partial charge is 0.119 e. The van der Waals surface area contributed by atoms with Gasteiger partial charge in [0.15, 0.2) is 0 Å². The van der Waals surface area contributed by atoms with Crippen molar-refractivity contribution in [2.75, 3.05) is 25.7 Å². The molecule has 0 aliphatic heterocycles. The van der Waals surface area contributed by atoms with Crippen LogP contribution in [-0.2, 0) is 4.74 Å². The Kier molecular flexibility index (Phi) is 5.60. The fourth-order valence-corrected chi connectivity index (χ4v) is 1.11. The summed E-state index contributed by atoms with van der Waals surface area (Å²) >= 11 is 5.43. The number of ether oxygens (including phenoxy) is 2. The molecule has 0 fully saturated rings. The Hall–Kier alpha value is -1.24. The van der Waals surface area contributed by atoms with E-state index in [9.17, 15) is 0 Å². The summed E-state index contributed by atoms with van der Waals surface area (Å²) < 4.78 is 10.5. The zero-order valence-corrected chi connectivity index (χ0v) is 9.04. The van der Waals surface area contributed by atoms with Crippen molar-refractivity contribution >= 4 is 11.6 Å². The summed E-state index contributed by atoms with van der Waals surface area (Å²) in [5.41, 5.74) is 0.626. The van der Waals surface area contributed by atoms with Gasteiger partial charge in [0.25, 0.3) is 0 Å². The van der Waals surface area contributed by atoms with Crippen LogP contribution in [0.2, 0.25) is 0 Å². The number of halogens is 1. The van der Waals surface area contributed by atoms with E-state index >= 15 is 0 Å². The van der Waals surface area contributed by atoms with Gasteiger partial charge in [-0.3, -0.25) is 0 Å². The molecular weight excluding hydrogens is 214 g/mol. The van der Waals surface area contributed by atoms with Crippen molar-refractivity contribution < 1.29 is 9.47 Å². The van der Waals surface area contributed by atoms with Crippen LogP contribution >= 0.6 is 11.6 Å². The minimum absolute atomic E-state index is 0.489. The largest absolute Gasteiger partial charge is 0.491 e. The maximum Gasteiger partial charge on any atom is 0.119 e. The van der Waals surface area contributed by atoms with Crippen LogP contribution in [0.4, 0.5) is 0 Å². The Morgan fingerprint density at radius 1 is 1.13 bits per heavy atom. The van der Waals surface area contributed by atoms with Gasteiger partial charge in [0, 0.05) is 5.88 Å². The monoisotopic (exact) mass is 225 g/mol. The molecule has 0 bridgehead atoms. The van der Waals surface area contributed by atoms with Gasteiger partial charge in [-0.25, -0.2) is 0 Å². The topological polar surface area (TPSA) is 42.2 Å². The molecule has 0 atom stereocenters. The van der Waals surface area contributed by atoms with Gasteiger partial charge in [0.1, 0.15) is 12.4 Å². The van der Waals surface area contributed by atoms with Crippen molar-refractivity contribution in [3.63, 3.8) is 0 Å². The number of alkyl halides is 1. The van der Waals surface area contributed by atoms with Crippen molar-refractivity contribution in [1.29, 1.82) is 5.26 Å². The number of hydrogen-bond acceptors (Lipinski definition) is 3. The summed E-state index contributed by atoms with van der Waals surface area (Å²) in [5, 5.41) is 8.58. The van der Waals surface area contributed by atoms with E-state index < -0.39 is 0 Å². The van der Waals surface area contributed by atoms with E-state index in [1.807, 2.05) is 6.07 Å². The van der Waals surface area contributed by atoms with Crippen molar-refractivity contribution in [3.8, 4) is 11.8 Å². The van der Waals surface area contributed by atoms with Crippen molar-refractivity contribution in [3.05, 3.63) is 29.8 Å². The molecule has 0 aliphatic rings. The van der Waals surface area contributed by atoms with E-state index in [0.29, 0.717) is 31.3 Å². The van der Waals surface area contributed by atoms with Crippen LogP contribution < -0.4 is 4.74 Å². The lowest BCUT2D eigenvalue weighted by molar-refractivity contribution is 0.111. The van der Waals surface area contributed by atoms with E-state index in [1.54, 1.807) is 24.3 Å². The third-order valence-electron chi connectivity index (χ3n) is 1.70. The molecular formula is C11H12ClNO2. The van der Waals surface area contributed by atoms with E-state index in [2.05, 4.69) is 0 Å². The van der Waals surface area contributed by atoms with Crippen LogP contribution in [0.25, 0.3) is 0 Å². The zero-order valence-electron chi connectivity index (χ0n) is 8.28. The molecule has 3 nitrogen and oxygen atoms in total. The van der Waals surface area contributed by atoms with Gasteiger partial charge >= 0.3 is 0 Å². The Labute approximate surface area is 94.2 Å². The first-order valence-electron chi connectivity index (χ1n) is 4.63. The molecule has 0 spiro atoms. The van der Waals surface area contributed by atoms with Gasteiger partial charge in [-0.15, -0.1) is 11.6 Å². The highest BCUT2D eigenvalue weighted by Crippen LogP contribution is 2.11. The summed E-state index contributed by atoms with van der Waals surface area (Å²) in [7, 11) is 0. The number of benzene rings is 1. The standard InChI is InChI=1S/C11H12ClNO2/c12-5-6-14-7-8-15-11-3-1-10(9-13)2-4-11/h1-4H,5-8H2. The number of rotatable bonds is 6. The maximum absolute atomic E-state index is 8.58. The van der Waals surface area contributed by atoms with Crippen molar-refractivity contribution in [1.82, 2.24) is 0 Å². The highest BCUT2D eigenvalue weighted by molar-refractivity contribution is 6.17. The van der Waals surface area contributed by atoms with Gasteiger partial charge in [-0.05, 0) is 24.3 Å². The van der Waals surface area contributed by atoms with E-state index in [-0.39, 0.29) is 0 Å². The molecule has 15 heavy (non-hydrogen) atoms. The second kappa shape index (κ2) is 7.10. The van der Waals surface area contributed by atoms with Crippen LogP contribution in [0.3, 0.4) is 0 Å². The summed E-state index contributed by atoms with van der Waals surface area (Å²) in [6.45, 7) is 1.55. The molecule has 0 aromatic heterocycles. The predicted octanol–water partition coefficient (Wildman–Crippen LogP) is 2.19. The molecule has 0 radical (unpaired) electrons. The molecule has 0 unspecified atom stereocenters. The average Bonchev–Trinajstić information content (AvgIpc) is 2.30. The van der Waals surface area contributed by atoms with Gasteiger partial charge in [0.2, 0.25) is 0 Å². The lowest BCUT2D eigenvalue weighted by Gasteiger charge is -2.05. The van der Waals surface area contributed by atoms with E-state index in [4.69, 9.17) is 26.3 Å². The summed E-state index contributed by atoms with van der Waals surface area (Å²) in [6.07, 6.45) is 0. The highest BCUT2D eigenvalue weighted by Gasteiger charge is 1.94. The van der Waals surface area contributed by atoms with E-state index in [0.717, 1.165) is 5.75 Å². The van der Waals surface area contributed by atoms with Crippen LogP contribution in [-0.4, -0.2) is 25.7 Å². The second-order valence-electron chi connectivity index (χ2n) is 2.79. The van der Waals surface area contributed by atoms with Gasteiger partial charge < -0.3 is 9.47 Å². The minimum atomic E-state index is 0.489. The molecule has 0 heterocycles. The first kappa shape index (κ1) is 11.8. The third kappa shape index (κ3) is 4.68. The van der Waals surface area contributed by atoms with E-state index in [1.165, 1.54) is 0 Å². The lowest BCUT2D eigenvalue weighted by Crippen LogP contribution is -2.07. The Morgan fingerprint density at radius 3 is 2.47 bits per heavy atom. The lowest BCUT2D eigenvalue weighted by atomic mass is 10.2. The molecule has 4 heteroatoms. The molecule has 1 aromatic rings. The molecule has 0 aliphatic carbocycles. The van der Waals surface area contributed by atoms with Crippen LogP contribution in [0, 0.1) is 11.3 Å². The molecule has 0 N–H and O–H groups in total. The predicted molar refractivity (Wildman–Crippen MR) is 58.2 cm³/mol. The third-order valence-corrected chi connectivity index (χ3v) is 1.86. The Morgan fingerprint density at radius 2 is 1.87 bits per heavy atom. The SMILES string of the molecule is N#Cc1ccc(OCCOCCCl)cc1. The molecule has 80 valence electrons. The van der Waals surface area contributed by atoms with Crippen LogP contribution in [0.1, 0.15) is 5.56 Å². The fourth-order valence-electron chi connectivity index (χ4n) is 1.00. The highest BCUT2D eigenvalue weighted by atomic mass is 35.5. The van der Waals surface area contributed by atoms with Crippen LogP contribution in [0.5, 0.6) is 5.75 Å². The Balaban J connectivity index is 2.23. The first-order chi connectivity index (χ1) is 7.36. The molecule has 0 saturated heterocycles. The Bertz CT molecular complexity index is 318. The van der Waals surface area contributed by atoms with Crippen LogP contribution in [0.15, 0.2) is 24.3 Å². The molecule has 0 amide bonds. The normalized spacial score (nSPS) is 9.60. The average molecular weight is 226 g/mol. The number of nitrogens with zero attached hydrogens (tertiary/aromatic N) is 1. The van der Waals surface area contributed by atoms with Crippen molar-refractivity contribution in [2.45, 2.75) is 0 Å². The molecule has 1 rings (SSSR count). The van der Waals surface area contributed by atoms with Gasteiger partial charge in [-0.1, -0.05) is 0 Å². The zero-order chi connectivity index (χ0) is 10.9. The molecule has 0 saturated carbocycles. The first-order valence-corrected chi connectivity index (χ1v) is 5.17. The quantitative estimate of drug-likeness (QED) is 0.551. The molecule has 1 aromatic carbocycles. The summed E-state index contributed by atoms with van der Waals surface area (Å²) in [5.74, 6) is 1.24. The van der Waals surface area contributed by atoms with Crippen molar-refractivity contribution in [2.24, 2.45) is 0 Å². The number of hydrogen-bond donors (Lipinski definition) is 0. The summed E-state index contributed by atoms with van der Waals surface area (Å²) in [6, 6.07) is 9.01.